The Labute approximate surface area is 138 Å². The molecule has 1 aromatic rings. The maximum absolute atomic E-state index is 12.3. The van der Waals surface area contributed by atoms with E-state index in [1.54, 1.807) is 0 Å². The summed E-state index contributed by atoms with van der Waals surface area (Å²) >= 11 is 0. The van der Waals surface area contributed by atoms with Gasteiger partial charge in [0.15, 0.2) is 0 Å². The highest BCUT2D eigenvalue weighted by molar-refractivity contribution is 5.92. The highest BCUT2D eigenvalue weighted by Gasteiger charge is 2.20. The van der Waals surface area contributed by atoms with E-state index in [9.17, 15) is 9.90 Å². The van der Waals surface area contributed by atoms with E-state index < -0.39 is 6.10 Å². The molecule has 1 fully saturated rings. The SMILES string of the molecule is CCC(C)C(O)CNC(=O)c1cccn1C1CCNCC1.Cl. The number of rotatable bonds is 6. The van der Waals surface area contributed by atoms with Crippen LogP contribution in [0.1, 0.15) is 49.6 Å². The van der Waals surface area contributed by atoms with Crippen molar-refractivity contribution in [3.63, 3.8) is 0 Å². The van der Waals surface area contributed by atoms with E-state index in [1.807, 2.05) is 32.2 Å². The lowest BCUT2D eigenvalue weighted by Crippen LogP contribution is -2.37. The van der Waals surface area contributed by atoms with Crippen LogP contribution in [0.2, 0.25) is 0 Å². The van der Waals surface area contributed by atoms with Gasteiger partial charge in [-0.1, -0.05) is 20.3 Å². The molecule has 1 amide bonds. The van der Waals surface area contributed by atoms with Crippen molar-refractivity contribution in [2.45, 2.75) is 45.3 Å². The molecular formula is C16H28ClN3O2. The molecule has 1 aliphatic heterocycles. The van der Waals surface area contributed by atoms with Gasteiger partial charge in [0.05, 0.1) is 6.10 Å². The van der Waals surface area contributed by atoms with E-state index in [1.165, 1.54) is 0 Å². The number of aliphatic hydroxyl groups excluding tert-OH is 1. The van der Waals surface area contributed by atoms with Crippen LogP contribution in [0, 0.1) is 5.92 Å². The third-order valence-electron chi connectivity index (χ3n) is 4.49. The summed E-state index contributed by atoms with van der Waals surface area (Å²) in [5.74, 6) is 0.0994. The quantitative estimate of drug-likeness (QED) is 0.747. The predicted octanol–water partition coefficient (Wildman–Crippen LogP) is 1.97. The molecule has 2 unspecified atom stereocenters. The first-order valence-corrected chi connectivity index (χ1v) is 7.97. The molecule has 1 saturated heterocycles. The van der Waals surface area contributed by atoms with E-state index in [2.05, 4.69) is 15.2 Å². The number of nitrogens with zero attached hydrogens (tertiary/aromatic N) is 1. The van der Waals surface area contributed by atoms with Crippen molar-refractivity contribution >= 4 is 18.3 Å². The number of hydrogen-bond donors (Lipinski definition) is 3. The molecule has 0 spiro atoms. The zero-order chi connectivity index (χ0) is 15.2. The summed E-state index contributed by atoms with van der Waals surface area (Å²) in [5, 5.41) is 16.1. The molecule has 1 aliphatic rings. The lowest BCUT2D eigenvalue weighted by Gasteiger charge is -2.26. The number of halogens is 1. The second-order valence-corrected chi connectivity index (χ2v) is 5.94. The molecule has 0 bridgehead atoms. The Morgan fingerprint density at radius 2 is 2.18 bits per heavy atom. The van der Waals surface area contributed by atoms with Crippen LogP contribution in [0.3, 0.4) is 0 Å². The van der Waals surface area contributed by atoms with Crippen LogP contribution in [0.5, 0.6) is 0 Å². The van der Waals surface area contributed by atoms with E-state index in [0.29, 0.717) is 18.3 Å². The molecule has 6 heteroatoms. The largest absolute Gasteiger partial charge is 0.391 e. The Morgan fingerprint density at radius 1 is 1.50 bits per heavy atom. The summed E-state index contributed by atoms with van der Waals surface area (Å²) in [5.41, 5.74) is 0.693. The number of carbonyl (C=O) groups is 1. The monoisotopic (exact) mass is 329 g/mol. The molecule has 2 heterocycles. The van der Waals surface area contributed by atoms with E-state index in [-0.39, 0.29) is 24.2 Å². The number of carbonyl (C=O) groups excluding carboxylic acids is 1. The van der Waals surface area contributed by atoms with Crippen molar-refractivity contribution in [3.05, 3.63) is 24.0 Å². The van der Waals surface area contributed by atoms with Gasteiger partial charge in [-0.05, 0) is 44.0 Å². The average molecular weight is 330 g/mol. The second kappa shape index (κ2) is 9.18. The van der Waals surface area contributed by atoms with Gasteiger partial charge in [-0.2, -0.15) is 0 Å². The lowest BCUT2D eigenvalue weighted by atomic mass is 10.0. The molecule has 2 rings (SSSR count). The van der Waals surface area contributed by atoms with Crippen LogP contribution in [-0.2, 0) is 0 Å². The molecule has 0 aromatic carbocycles. The maximum Gasteiger partial charge on any atom is 0.268 e. The number of aliphatic hydroxyl groups is 1. The highest BCUT2D eigenvalue weighted by atomic mass is 35.5. The Balaban J connectivity index is 0.00000242. The van der Waals surface area contributed by atoms with Crippen LogP contribution >= 0.6 is 12.4 Å². The third-order valence-corrected chi connectivity index (χ3v) is 4.49. The predicted molar refractivity (Wildman–Crippen MR) is 90.6 cm³/mol. The summed E-state index contributed by atoms with van der Waals surface area (Å²) < 4.78 is 2.08. The topological polar surface area (TPSA) is 66.3 Å². The van der Waals surface area contributed by atoms with Gasteiger partial charge >= 0.3 is 0 Å². The summed E-state index contributed by atoms with van der Waals surface area (Å²) in [7, 11) is 0. The minimum atomic E-state index is -0.485. The van der Waals surface area contributed by atoms with Crippen molar-refractivity contribution in [2.24, 2.45) is 5.92 Å². The zero-order valence-corrected chi connectivity index (χ0v) is 14.2. The number of amides is 1. The van der Waals surface area contributed by atoms with Crippen molar-refractivity contribution in [1.29, 1.82) is 0 Å². The fourth-order valence-electron chi connectivity index (χ4n) is 2.75. The van der Waals surface area contributed by atoms with Crippen molar-refractivity contribution in [2.75, 3.05) is 19.6 Å². The summed E-state index contributed by atoms with van der Waals surface area (Å²) in [4.78, 5) is 12.3. The van der Waals surface area contributed by atoms with Gasteiger partial charge < -0.3 is 20.3 Å². The number of aromatic nitrogens is 1. The number of hydrogen-bond acceptors (Lipinski definition) is 3. The molecule has 3 N–H and O–H groups in total. The van der Waals surface area contributed by atoms with Gasteiger partial charge in [0.2, 0.25) is 0 Å². The van der Waals surface area contributed by atoms with Crippen LogP contribution in [0.25, 0.3) is 0 Å². The molecular weight excluding hydrogens is 302 g/mol. The standard InChI is InChI=1S/C16H27N3O2.ClH/c1-3-12(2)15(20)11-18-16(21)14-5-4-10-19(14)13-6-8-17-9-7-13;/h4-5,10,12-13,15,17,20H,3,6-9,11H2,1-2H3,(H,18,21);1H. The van der Waals surface area contributed by atoms with Crippen LogP contribution < -0.4 is 10.6 Å². The summed E-state index contributed by atoms with van der Waals surface area (Å²) in [6.07, 6.45) is 4.49. The van der Waals surface area contributed by atoms with E-state index in [4.69, 9.17) is 0 Å². The Kier molecular flexibility index (Phi) is 7.93. The van der Waals surface area contributed by atoms with E-state index >= 15 is 0 Å². The molecule has 5 nitrogen and oxygen atoms in total. The minimum absolute atomic E-state index is 0. The van der Waals surface area contributed by atoms with Crippen LogP contribution in [0.15, 0.2) is 18.3 Å². The molecule has 2 atom stereocenters. The van der Waals surface area contributed by atoms with Gasteiger partial charge in [-0.3, -0.25) is 4.79 Å². The van der Waals surface area contributed by atoms with Gasteiger partial charge in [-0.25, -0.2) is 0 Å². The fourth-order valence-corrected chi connectivity index (χ4v) is 2.75. The maximum atomic E-state index is 12.3. The second-order valence-electron chi connectivity index (χ2n) is 5.94. The van der Waals surface area contributed by atoms with Gasteiger partial charge in [0, 0.05) is 18.8 Å². The molecule has 126 valence electrons. The van der Waals surface area contributed by atoms with Crippen molar-refractivity contribution in [3.8, 4) is 0 Å². The fraction of sp³-hybridized carbons (Fsp3) is 0.688. The first kappa shape index (κ1) is 19.0. The molecule has 0 radical (unpaired) electrons. The number of nitrogens with one attached hydrogen (secondary N) is 2. The molecule has 0 aliphatic carbocycles. The van der Waals surface area contributed by atoms with Crippen molar-refractivity contribution in [1.82, 2.24) is 15.2 Å². The van der Waals surface area contributed by atoms with Crippen molar-refractivity contribution < 1.29 is 9.90 Å². The zero-order valence-electron chi connectivity index (χ0n) is 13.4. The smallest absolute Gasteiger partial charge is 0.268 e. The van der Waals surface area contributed by atoms with Gasteiger partial charge in [0.25, 0.3) is 5.91 Å². The van der Waals surface area contributed by atoms with Crippen LogP contribution in [0.4, 0.5) is 0 Å². The Morgan fingerprint density at radius 3 is 2.82 bits per heavy atom. The Bertz CT molecular complexity index is 458. The lowest BCUT2D eigenvalue weighted by molar-refractivity contribution is 0.0839. The number of piperidine rings is 1. The summed E-state index contributed by atoms with van der Waals surface area (Å²) in [6.45, 7) is 6.34. The van der Waals surface area contributed by atoms with Crippen LogP contribution in [-0.4, -0.2) is 41.3 Å². The first-order chi connectivity index (χ1) is 10.1. The first-order valence-electron chi connectivity index (χ1n) is 7.97. The summed E-state index contributed by atoms with van der Waals surface area (Å²) in [6, 6.07) is 4.16. The average Bonchev–Trinajstić information content (AvgIpc) is 3.01. The molecule has 0 saturated carbocycles. The normalized spacial score (nSPS) is 18.3. The van der Waals surface area contributed by atoms with Gasteiger partial charge in [0.1, 0.15) is 5.69 Å². The van der Waals surface area contributed by atoms with Gasteiger partial charge in [-0.15, -0.1) is 12.4 Å². The van der Waals surface area contributed by atoms with E-state index in [0.717, 1.165) is 32.4 Å². The minimum Gasteiger partial charge on any atom is -0.391 e. The highest BCUT2D eigenvalue weighted by Crippen LogP contribution is 2.21. The molecule has 1 aromatic heterocycles. The molecule has 22 heavy (non-hydrogen) atoms. The Hall–Kier alpha value is -1.04. The third kappa shape index (κ3) is 4.73.